The first kappa shape index (κ1) is 46.8. The zero-order chi connectivity index (χ0) is 41.3. The quantitative estimate of drug-likeness (QED) is 0.172. The predicted molar refractivity (Wildman–Crippen MR) is 260 cm³/mol. The molecule has 0 radical (unpaired) electrons. The van der Waals surface area contributed by atoms with Gasteiger partial charge in [0.05, 0.1) is 0 Å². The molecule has 0 bridgehead atoms. The molecule has 0 spiro atoms. The van der Waals surface area contributed by atoms with Crippen molar-refractivity contribution >= 4 is 11.8 Å². The molecular weight excluding hydrogens is 705 g/mol. The first-order chi connectivity index (χ1) is 28.2. The smallest absolute Gasteiger partial charge is 0.0322 e. The lowest BCUT2D eigenvalue weighted by Crippen LogP contribution is -1.98. The first-order valence-electron chi connectivity index (χ1n) is 22.0. The zero-order valence-electron chi connectivity index (χ0n) is 36.7. The van der Waals surface area contributed by atoms with Gasteiger partial charge in [-0.15, -0.1) is 11.8 Å². The van der Waals surface area contributed by atoms with Gasteiger partial charge in [0.25, 0.3) is 0 Å². The van der Waals surface area contributed by atoms with E-state index in [-0.39, 0.29) is 5.25 Å². The summed E-state index contributed by atoms with van der Waals surface area (Å²) in [7, 11) is 0. The molecule has 0 fully saturated rings. The summed E-state index contributed by atoms with van der Waals surface area (Å²) in [6, 6.07) is 34.0. The topological polar surface area (TPSA) is 0 Å². The number of thioether (sulfide) groups is 1. The molecule has 0 N–H and O–H groups in total. The van der Waals surface area contributed by atoms with E-state index >= 15 is 0 Å². The highest BCUT2D eigenvalue weighted by Crippen LogP contribution is 2.45. The number of hydrogen-bond acceptors (Lipinski definition) is 1. The Morgan fingerprint density at radius 3 is 1.89 bits per heavy atom. The molecule has 0 heterocycles. The highest BCUT2D eigenvalue weighted by atomic mass is 32.2. The molecule has 0 amide bonds. The van der Waals surface area contributed by atoms with Crippen LogP contribution in [0, 0.1) is 0 Å². The van der Waals surface area contributed by atoms with Crippen LogP contribution in [0.25, 0.3) is 33.4 Å². The molecule has 4 aromatic carbocycles. The summed E-state index contributed by atoms with van der Waals surface area (Å²) in [6.07, 6.45) is 34.0. The van der Waals surface area contributed by atoms with Gasteiger partial charge in [-0.05, 0) is 108 Å². The van der Waals surface area contributed by atoms with Gasteiger partial charge >= 0.3 is 0 Å². The molecule has 0 aromatic heterocycles. The molecule has 300 valence electrons. The van der Waals surface area contributed by atoms with Crippen molar-refractivity contribution in [1.82, 2.24) is 0 Å². The molecule has 7 rings (SSSR count). The Morgan fingerprint density at radius 1 is 0.614 bits per heavy atom. The highest BCUT2D eigenvalue weighted by Gasteiger charge is 2.19. The molecule has 3 aliphatic carbocycles. The maximum Gasteiger partial charge on any atom is 0.0322 e. The number of fused-ring (bicyclic) bond motifs is 3. The van der Waals surface area contributed by atoms with Gasteiger partial charge in [0.15, 0.2) is 0 Å². The van der Waals surface area contributed by atoms with Crippen molar-refractivity contribution in [2.75, 3.05) is 0 Å². The lowest BCUT2D eigenvalue weighted by atomic mass is 9.87. The summed E-state index contributed by atoms with van der Waals surface area (Å²) in [5, 5.41) is 0.287. The van der Waals surface area contributed by atoms with E-state index in [1.807, 2.05) is 53.3 Å². The Kier molecular flexibility index (Phi) is 22.3. The Bertz CT molecular complexity index is 2010. The van der Waals surface area contributed by atoms with E-state index in [9.17, 15) is 0 Å². The van der Waals surface area contributed by atoms with Crippen molar-refractivity contribution in [3.05, 3.63) is 191 Å². The van der Waals surface area contributed by atoms with Gasteiger partial charge in [-0.3, -0.25) is 0 Å². The molecule has 0 aliphatic heterocycles. The van der Waals surface area contributed by atoms with Crippen LogP contribution in [0.3, 0.4) is 0 Å². The normalized spacial score (nSPS) is 15.6. The maximum atomic E-state index is 2.48. The average molecular weight is 775 g/mol. The predicted octanol–water partition coefficient (Wildman–Crippen LogP) is 18.0. The summed E-state index contributed by atoms with van der Waals surface area (Å²) < 4.78 is 0. The fraction of sp³-hybridized carbons (Fsp3) is 0.321. The Morgan fingerprint density at radius 2 is 1.23 bits per heavy atom. The molecule has 0 nitrogen and oxygen atoms in total. The van der Waals surface area contributed by atoms with E-state index in [2.05, 4.69) is 179 Å². The van der Waals surface area contributed by atoms with Crippen LogP contribution in [0.2, 0.25) is 0 Å². The minimum atomic E-state index is 0.287. The summed E-state index contributed by atoms with van der Waals surface area (Å²) in [6.45, 7) is 18.6. The largest absolute Gasteiger partial charge is 0.118 e. The van der Waals surface area contributed by atoms with E-state index in [1.165, 1.54) is 72.5 Å². The molecule has 3 aliphatic rings. The summed E-state index contributed by atoms with van der Waals surface area (Å²) in [4.78, 5) is 1.40. The second-order valence-electron chi connectivity index (χ2n) is 13.6. The Labute approximate surface area is 353 Å². The fourth-order valence-corrected chi connectivity index (χ4v) is 8.28. The lowest BCUT2D eigenvalue weighted by molar-refractivity contribution is 0.924. The number of hydrogen-bond donors (Lipinski definition) is 0. The minimum Gasteiger partial charge on any atom is -0.118 e. The summed E-state index contributed by atoms with van der Waals surface area (Å²) >= 11 is 2.01. The monoisotopic (exact) mass is 775 g/mol. The van der Waals surface area contributed by atoms with Crippen molar-refractivity contribution < 1.29 is 0 Å². The van der Waals surface area contributed by atoms with Gasteiger partial charge in [0, 0.05) is 10.2 Å². The van der Waals surface area contributed by atoms with Gasteiger partial charge in [0.2, 0.25) is 0 Å². The van der Waals surface area contributed by atoms with Crippen molar-refractivity contribution in [2.45, 2.75) is 119 Å². The zero-order valence-corrected chi connectivity index (χ0v) is 37.5. The van der Waals surface area contributed by atoms with Crippen LogP contribution in [0.15, 0.2) is 174 Å². The van der Waals surface area contributed by atoms with Crippen molar-refractivity contribution in [2.24, 2.45) is 0 Å². The van der Waals surface area contributed by atoms with Crippen LogP contribution >= 0.6 is 11.8 Å². The van der Waals surface area contributed by atoms with Crippen LogP contribution in [0.5, 0.6) is 0 Å². The van der Waals surface area contributed by atoms with E-state index in [4.69, 9.17) is 0 Å². The van der Waals surface area contributed by atoms with Crippen molar-refractivity contribution in [3.8, 4) is 33.4 Å². The third-order valence-corrected chi connectivity index (χ3v) is 10.9. The van der Waals surface area contributed by atoms with E-state index in [0.29, 0.717) is 0 Å². The number of benzene rings is 4. The van der Waals surface area contributed by atoms with Gasteiger partial charge in [-0.25, -0.2) is 0 Å². The Hall–Kier alpha value is -4.59. The Balaban J connectivity index is 0.000000899. The first-order valence-corrected chi connectivity index (χ1v) is 22.8. The van der Waals surface area contributed by atoms with Gasteiger partial charge in [-0.1, -0.05) is 225 Å². The van der Waals surface area contributed by atoms with Crippen LogP contribution in [0.4, 0.5) is 0 Å². The van der Waals surface area contributed by atoms with Crippen molar-refractivity contribution in [1.29, 1.82) is 0 Å². The standard InChI is InChI=1S/C47H44S.C3H8.3C2H6/c1-35(48-47(38-22-10-5-11-23-38)33-30-36-18-6-4-7-19-36)41-25-14-16-28-45(41)46-29-17-15-27-43(46)40-31-32-44-39(34-40)24-9-3-2-8-20-37-21-12-13-26-42(37)44;1-3-2;3*1-2/h2-4,6,8-10,12-18,21-23,25-29,31-35H,5,7,11,19-20,24,30H2,1H3;3H2,1-2H3;3*1-2H3/b8-2-,9-3-,47-33-;;;;. The summed E-state index contributed by atoms with van der Waals surface area (Å²) in [5.41, 5.74) is 14.9. The fourth-order valence-electron chi connectivity index (χ4n) is 7.10. The summed E-state index contributed by atoms with van der Waals surface area (Å²) in [5.74, 6) is 0. The van der Waals surface area contributed by atoms with Gasteiger partial charge < -0.3 is 0 Å². The SMILES string of the molecule is CC.CC.CC.CC(S/C(=C\CC1=CC=CCC1)C1=CCCC=C1)c1ccccc1-c1ccccc1-c1ccc2c(c1)C/C=C\C=C/Cc1ccccc1-2.CCC. The molecule has 1 unspecified atom stereocenters. The number of allylic oxidation sites excluding steroid dienone is 13. The second-order valence-corrected chi connectivity index (χ2v) is 15.0. The second kappa shape index (κ2) is 27.1. The third kappa shape index (κ3) is 13.8. The molecule has 1 heteroatoms. The molecule has 1 atom stereocenters. The lowest BCUT2D eigenvalue weighted by Gasteiger charge is -2.22. The van der Waals surface area contributed by atoms with Crippen molar-refractivity contribution in [3.63, 3.8) is 0 Å². The van der Waals surface area contributed by atoms with Crippen LogP contribution in [0.1, 0.15) is 123 Å². The molecule has 0 saturated carbocycles. The van der Waals surface area contributed by atoms with Crippen LogP contribution < -0.4 is 0 Å². The van der Waals surface area contributed by atoms with E-state index < -0.39 is 0 Å². The van der Waals surface area contributed by atoms with Gasteiger partial charge in [0.1, 0.15) is 0 Å². The molecule has 0 saturated heterocycles. The number of rotatable bonds is 8. The molecular formula is C56H70S. The van der Waals surface area contributed by atoms with Crippen LogP contribution in [-0.4, -0.2) is 0 Å². The maximum absolute atomic E-state index is 2.48. The van der Waals surface area contributed by atoms with Crippen LogP contribution in [-0.2, 0) is 12.8 Å². The third-order valence-electron chi connectivity index (χ3n) is 9.63. The minimum absolute atomic E-state index is 0.287. The van der Waals surface area contributed by atoms with E-state index in [0.717, 1.165) is 44.9 Å². The van der Waals surface area contributed by atoms with Gasteiger partial charge in [-0.2, -0.15) is 0 Å². The molecule has 4 aromatic rings. The average Bonchev–Trinajstić information content (AvgIpc) is 3.29. The molecule has 57 heavy (non-hydrogen) atoms. The van der Waals surface area contributed by atoms with E-state index in [1.54, 1.807) is 0 Å². The highest BCUT2D eigenvalue weighted by molar-refractivity contribution is 8.03.